The zero-order chi connectivity index (χ0) is 23.1. The first kappa shape index (κ1) is 22.5. The minimum atomic E-state index is -4.50. The van der Waals surface area contributed by atoms with Crippen molar-refractivity contribution in [2.24, 2.45) is 10.9 Å². The molecule has 32 heavy (non-hydrogen) atoms. The van der Waals surface area contributed by atoms with E-state index in [-0.39, 0.29) is 17.9 Å². The highest BCUT2D eigenvalue weighted by Crippen LogP contribution is 2.39. The van der Waals surface area contributed by atoms with Crippen molar-refractivity contribution >= 4 is 36.6 Å². The van der Waals surface area contributed by atoms with Gasteiger partial charge >= 0.3 is 0 Å². The second-order valence-electron chi connectivity index (χ2n) is 7.09. The lowest BCUT2D eigenvalue weighted by Crippen LogP contribution is -2.33. The Hall–Kier alpha value is -2.69. The van der Waals surface area contributed by atoms with Crippen LogP contribution in [0.15, 0.2) is 52.3 Å². The quantitative estimate of drug-likeness (QED) is 0.228. The number of anilines is 1. The summed E-state index contributed by atoms with van der Waals surface area (Å²) in [7, 11) is -8.54. The van der Waals surface area contributed by atoms with Crippen molar-refractivity contribution < 1.29 is 16.8 Å². The van der Waals surface area contributed by atoms with E-state index in [2.05, 4.69) is 26.9 Å². The molecule has 0 amide bonds. The molecule has 14 heteroatoms. The van der Waals surface area contributed by atoms with E-state index in [1.165, 1.54) is 12.1 Å². The summed E-state index contributed by atoms with van der Waals surface area (Å²) in [4.78, 5) is 3.45. The van der Waals surface area contributed by atoms with Gasteiger partial charge in [0.25, 0.3) is 0 Å². The number of hydrogen-bond acceptors (Lipinski definition) is 11. The number of hydrogen-bond donors (Lipinski definition) is 7. The van der Waals surface area contributed by atoms with Gasteiger partial charge in [0.05, 0.1) is 16.2 Å². The van der Waals surface area contributed by atoms with E-state index >= 15 is 0 Å². The van der Waals surface area contributed by atoms with Crippen LogP contribution in [-0.2, 0) is 19.9 Å². The lowest BCUT2D eigenvalue weighted by atomic mass is 9.95. The number of sulfonamides is 1. The van der Waals surface area contributed by atoms with Crippen LogP contribution in [0.5, 0.6) is 0 Å². The second-order valence-corrected chi connectivity index (χ2v) is 10.7. The summed E-state index contributed by atoms with van der Waals surface area (Å²) in [5, 5.41) is 6.31. The number of nitrogens with two attached hydrogens (primary N) is 3. The molecule has 3 aromatic rings. The summed E-state index contributed by atoms with van der Waals surface area (Å²) in [6.45, 7) is -0.182. The Balaban J connectivity index is 2.13. The largest absolute Gasteiger partial charge is 0.384 e. The van der Waals surface area contributed by atoms with Crippen molar-refractivity contribution in [1.82, 2.24) is 26.9 Å². The van der Waals surface area contributed by atoms with E-state index in [0.717, 1.165) is 5.39 Å². The summed E-state index contributed by atoms with van der Waals surface area (Å²) in [5.74, 6) is -0.163. The molecular formula is C18H22N8O4S2. The van der Waals surface area contributed by atoms with E-state index in [1.54, 1.807) is 24.3 Å². The monoisotopic (exact) mass is 478 g/mol. The highest BCUT2D eigenvalue weighted by molar-refractivity contribution is 7.93. The molecule has 2 heterocycles. The van der Waals surface area contributed by atoms with Crippen LogP contribution >= 0.6 is 0 Å². The number of para-hydroxylation sites is 1. The third-order valence-corrected chi connectivity index (χ3v) is 7.90. The normalized spacial score (nSPS) is 15.4. The van der Waals surface area contributed by atoms with Gasteiger partial charge in [0.1, 0.15) is 16.9 Å². The summed E-state index contributed by atoms with van der Waals surface area (Å²) in [5.41, 5.74) is 23.7. The van der Waals surface area contributed by atoms with Crippen molar-refractivity contribution in [2.75, 3.05) is 18.0 Å². The maximum atomic E-state index is 12.9. The van der Waals surface area contributed by atoms with Crippen LogP contribution in [0.3, 0.4) is 0 Å². The maximum absolute atomic E-state index is 12.9. The van der Waals surface area contributed by atoms with Gasteiger partial charge < -0.3 is 11.5 Å². The molecule has 1 aromatic heterocycles. The Morgan fingerprint density at radius 1 is 0.938 bits per heavy atom. The van der Waals surface area contributed by atoms with E-state index in [0.29, 0.717) is 16.6 Å². The van der Waals surface area contributed by atoms with Gasteiger partial charge in [0.2, 0.25) is 10.0 Å². The third kappa shape index (κ3) is 4.05. The lowest BCUT2D eigenvalue weighted by molar-refractivity contribution is 0.534. The van der Waals surface area contributed by atoms with Gasteiger partial charge in [-0.2, -0.15) is 11.1 Å². The Bertz CT molecular complexity index is 1400. The number of nitrogens with zero attached hydrogens (tertiary/aromatic N) is 1. The molecule has 10 N–H and O–H groups in total. The van der Waals surface area contributed by atoms with Gasteiger partial charge in [-0.1, -0.05) is 24.3 Å². The minimum Gasteiger partial charge on any atom is -0.384 e. The number of nitrogens with one attached hydrogen (secondary N) is 4. The van der Waals surface area contributed by atoms with Crippen LogP contribution in [0.4, 0.5) is 5.82 Å². The molecule has 170 valence electrons. The molecular weight excluding hydrogens is 456 g/mol. The summed E-state index contributed by atoms with van der Waals surface area (Å²) in [6.07, 6.45) is -0.859. The van der Waals surface area contributed by atoms with E-state index in [1.807, 2.05) is 6.07 Å². The first-order chi connectivity index (χ1) is 15.1. The van der Waals surface area contributed by atoms with Gasteiger partial charge in [0.15, 0.2) is 9.84 Å². The molecule has 1 saturated heterocycles. The summed E-state index contributed by atoms with van der Waals surface area (Å²) < 4.78 is 51.2. The molecule has 1 aliphatic heterocycles. The topological polar surface area (TPSA) is 207 Å². The molecule has 0 atom stereocenters. The predicted molar refractivity (Wildman–Crippen MR) is 119 cm³/mol. The Morgan fingerprint density at radius 3 is 2.31 bits per heavy atom. The molecule has 1 fully saturated rings. The van der Waals surface area contributed by atoms with Gasteiger partial charge in [-0.15, -0.1) is 0 Å². The molecule has 12 nitrogen and oxygen atoms in total. The first-order valence-electron chi connectivity index (χ1n) is 9.42. The molecule has 2 aromatic carbocycles. The van der Waals surface area contributed by atoms with Crippen LogP contribution in [0.25, 0.3) is 22.0 Å². The Labute approximate surface area is 184 Å². The highest BCUT2D eigenvalue weighted by atomic mass is 32.2. The van der Waals surface area contributed by atoms with E-state index in [9.17, 15) is 16.8 Å². The van der Waals surface area contributed by atoms with Gasteiger partial charge in [0, 0.05) is 23.1 Å². The zero-order valence-corrected chi connectivity index (χ0v) is 18.3. The summed E-state index contributed by atoms with van der Waals surface area (Å²) >= 11 is 0. The minimum absolute atomic E-state index is 0.0971. The molecule has 1 aliphatic rings. The smallest absolute Gasteiger partial charge is 0.239 e. The fourth-order valence-corrected chi connectivity index (χ4v) is 6.49. The van der Waals surface area contributed by atoms with Crippen molar-refractivity contribution in [2.45, 2.75) is 16.0 Å². The number of rotatable bonds is 6. The molecule has 4 rings (SSSR count). The molecule has 0 bridgehead atoms. The molecule has 0 unspecified atom stereocenters. The number of nitrogen functional groups attached to an aromatic ring is 1. The van der Waals surface area contributed by atoms with Crippen molar-refractivity contribution in [3.63, 3.8) is 0 Å². The van der Waals surface area contributed by atoms with Crippen LogP contribution < -0.4 is 38.5 Å². The number of fused-ring (bicyclic) bond motifs is 1. The van der Waals surface area contributed by atoms with Crippen molar-refractivity contribution in [1.29, 1.82) is 0 Å². The standard InChI is InChI=1S/C18H22N8O4S2/c19-8-9-31(27,28)13-6-5-11(12-3-1-2-10-4-7-14(20)22-16(10)12)15(17(13)32(21,29)30)18-23-25-26-24-18/h1-7,18,23-26H,8-9,19H2,(H2,20,22)(H2,21,29,30). The number of primary sulfonamides is 1. The fourth-order valence-electron chi connectivity index (χ4n) is 3.68. The summed E-state index contributed by atoms with van der Waals surface area (Å²) in [6, 6.07) is 11.5. The van der Waals surface area contributed by atoms with Gasteiger partial charge in [-0.05, 0) is 23.8 Å². The molecule has 0 radical (unpaired) electrons. The van der Waals surface area contributed by atoms with E-state index < -0.39 is 41.6 Å². The SMILES string of the molecule is NCCS(=O)(=O)c1ccc(-c2cccc3ccc(N)nc23)c(C2NNNN2)c1S(N)(=O)=O. The number of sulfone groups is 1. The zero-order valence-electron chi connectivity index (χ0n) is 16.7. The number of hydrazine groups is 3. The van der Waals surface area contributed by atoms with Crippen LogP contribution in [0, 0.1) is 0 Å². The first-order valence-corrected chi connectivity index (χ1v) is 12.6. The van der Waals surface area contributed by atoms with Gasteiger partial charge in [-0.3, -0.25) is 0 Å². The van der Waals surface area contributed by atoms with Crippen LogP contribution in [-0.4, -0.2) is 34.1 Å². The van der Waals surface area contributed by atoms with Crippen LogP contribution in [0.1, 0.15) is 11.7 Å². The van der Waals surface area contributed by atoms with Gasteiger partial charge in [-0.25, -0.2) is 37.8 Å². The average molecular weight is 479 g/mol. The third-order valence-electron chi connectivity index (χ3n) is 4.98. The maximum Gasteiger partial charge on any atom is 0.239 e. The van der Waals surface area contributed by atoms with Crippen LogP contribution in [0.2, 0.25) is 0 Å². The highest BCUT2D eigenvalue weighted by Gasteiger charge is 2.34. The van der Waals surface area contributed by atoms with Crippen molar-refractivity contribution in [3.05, 3.63) is 48.0 Å². The number of aromatic nitrogens is 1. The number of pyridine rings is 1. The Kier molecular flexibility index (Phi) is 5.87. The number of benzene rings is 2. The lowest BCUT2D eigenvalue weighted by Gasteiger charge is -2.22. The average Bonchev–Trinajstić information content (AvgIpc) is 3.26. The Morgan fingerprint density at radius 2 is 1.66 bits per heavy atom. The predicted octanol–water partition coefficient (Wildman–Crippen LogP) is -1.02. The van der Waals surface area contributed by atoms with Crippen molar-refractivity contribution in [3.8, 4) is 11.1 Å². The molecule has 0 aliphatic carbocycles. The second kappa shape index (κ2) is 8.34. The molecule has 0 spiro atoms. The van der Waals surface area contributed by atoms with E-state index in [4.69, 9.17) is 16.6 Å². The fraction of sp³-hybridized carbons (Fsp3) is 0.167. The molecule has 0 saturated carbocycles.